The van der Waals surface area contributed by atoms with Crippen LogP contribution in [0.3, 0.4) is 0 Å². The minimum atomic E-state index is -4.98. The van der Waals surface area contributed by atoms with E-state index in [4.69, 9.17) is 4.74 Å². The van der Waals surface area contributed by atoms with Crippen molar-refractivity contribution in [3.63, 3.8) is 0 Å². The number of hydrogen-bond acceptors (Lipinski definition) is 7. The van der Waals surface area contributed by atoms with Gasteiger partial charge in [-0.05, 0) is 44.0 Å². The van der Waals surface area contributed by atoms with Crippen molar-refractivity contribution in [2.24, 2.45) is 0 Å². The summed E-state index contributed by atoms with van der Waals surface area (Å²) < 4.78 is 77.6. The monoisotopic (exact) mass is 547 g/mol. The molecule has 2 aliphatic rings. The minimum absolute atomic E-state index is 0.0530. The van der Waals surface area contributed by atoms with Crippen LogP contribution >= 0.6 is 0 Å². The molecule has 3 atom stereocenters. The second kappa shape index (κ2) is 8.93. The number of ether oxygens (including phenoxy) is 2. The summed E-state index contributed by atoms with van der Waals surface area (Å²) in [4.78, 5) is 13.2. The summed E-state index contributed by atoms with van der Waals surface area (Å²) in [6.07, 6.45) is -3.21. The minimum Gasteiger partial charge on any atom is -0.434 e. The van der Waals surface area contributed by atoms with Crippen molar-refractivity contribution in [3.05, 3.63) is 71.6 Å². The summed E-state index contributed by atoms with van der Waals surface area (Å²) in [6, 6.07) is 8.16. The van der Waals surface area contributed by atoms with E-state index in [1.54, 1.807) is 38.4 Å². The molecule has 0 spiro atoms. The van der Waals surface area contributed by atoms with E-state index in [0.29, 0.717) is 22.4 Å². The van der Waals surface area contributed by atoms with E-state index < -0.39 is 36.9 Å². The first-order chi connectivity index (χ1) is 18.4. The van der Waals surface area contributed by atoms with Crippen molar-refractivity contribution >= 4 is 11.0 Å². The molecule has 0 amide bonds. The van der Waals surface area contributed by atoms with E-state index in [-0.39, 0.29) is 29.1 Å². The zero-order chi connectivity index (χ0) is 27.7. The number of nitrogens with zero attached hydrogens (tertiary/aromatic N) is 4. The Kier molecular flexibility index (Phi) is 5.86. The highest BCUT2D eigenvalue weighted by Crippen LogP contribution is 2.50. The van der Waals surface area contributed by atoms with Gasteiger partial charge in [-0.1, -0.05) is 18.2 Å². The maximum absolute atomic E-state index is 13.3. The Morgan fingerprint density at radius 1 is 1.08 bits per heavy atom. The number of nitrogens with one attached hydrogen (secondary N) is 1. The van der Waals surface area contributed by atoms with Crippen LogP contribution in [0.5, 0.6) is 5.75 Å². The highest BCUT2D eigenvalue weighted by molar-refractivity contribution is 5.83. The van der Waals surface area contributed by atoms with Gasteiger partial charge in [0.2, 0.25) is 0 Å². The summed E-state index contributed by atoms with van der Waals surface area (Å²) in [7, 11) is 0. The Morgan fingerprint density at radius 2 is 1.82 bits per heavy atom. The smallest absolute Gasteiger partial charge is 0.434 e. The third kappa shape index (κ3) is 4.60. The topological polar surface area (TPSA) is 94.3 Å². The lowest BCUT2D eigenvalue weighted by Crippen LogP contribution is -2.32. The molecule has 4 aromatic rings. The van der Waals surface area contributed by atoms with Crippen molar-refractivity contribution in [2.75, 3.05) is 0 Å². The molecule has 0 radical (unpaired) electrons. The quantitative estimate of drug-likeness (QED) is 0.319. The van der Waals surface area contributed by atoms with Gasteiger partial charge in [0.05, 0.1) is 23.1 Å². The SMILES string of the molecule is CC(C)(O)c1ncc(-c2ccc3nc4n(c3c2)[C@@H]2C[C@H]4NC(OC(F)(F)F)c3cccc(OC(F)F)c32)cn1. The lowest BCUT2D eigenvalue weighted by atomic mass is 9.97. The average molecular weight is 547 g/mol. The van der Waals surface area contributed by atoms with E-state index in [0.717, 1.165) is 5.56 Å². The van der Waals surface area contributed by atoms with E-state index >= 15 is 0 Å². The molecule has 8 nitrogen and oxygen atoms in total. The van der Waals surface area contributed by atoms with Crippen molar-refractivity contribution in [1.29, 1.82) is 0 Å². The number of hydrogen-bond donors (Lipinski definition) is 2. The molecule has 2 N–H and O–H groups in total. The van der Waals surface area contributed by atoms with Crippen molar-refractivity contribution < 1.29 is 36.5 Å². The van der Waals surface area contributed by atoms with Gasteiger partial charge in [-0.15, -0.1) is 13.2 Å². The molecule has 2 bridgehead atoms. The second-order valence-corrected chi connectivity index (χ2v) is 9.95. The third-order valence-corrected chi connectivity index (χ3v) is 6.87. The lowest BCUT2D eigenvalue weighted by molar-refractivity contribution is -0.349. The van der Waals surface area contributed by atoms with Crippen LogP contribution in [0.4, 0.5) is 22.0 Å². The highest BCUT2D eigenvalue weighted by atomic mass is 19.4. The van der Waals surface area contributed by atoms with Crippen LogP contribution in [0, 0.1) is 0 Å². The first-order valence-electron chi connectivity index (χ1n) is 12.0. The van der Waals surface area contributed by atoms with Crippen molar-refractivity contribution in [2.45, 2.75) is 57.2 Å². The molecule has 39 heavy (non-hydrogen) atoms. The van der Waals surface area contributed by atoms with E-state index in [1.165, 1.54) is 18.2 Å². The number of rotatable bonds is 5. The maximum atomic E-state index is 13.3. The van der Waals surface area contributed by atoms with Crippen LogP contribution in [0.25, 0.3) is 22.2 Å². The van der Waals surface area contributed by atoms with Crippen LogP contribution in [0.2, 0.25) is 0 Å². The molecule has 204 valence electrons. The zero-order valence-corrected chi connectivity index (χ0v) is 20.6. The zero-order valence-electron chi connectivity index (χ0n) is 20.6. The largest absolute Gasteiger partial charge is 0.524 e. The van der Waals surface area contributed by atoms with Gasteiger partial charge in [0, 0.05) is 29.1 Å². The van der Waals surface area contributed by atoms with Gasteiger partial charge in [-0.25, -0.2) is 15.0 Å². The lowest BCUT2D eigenvalue weighted by Gasteiger charge is -2.27. The molecule has 0 fully saturated rings. The fourth-order valence-corrected chi connectivity index (χ4v) is 5.33. The van der Waals surface area contributed by atoms with Crippen molar-refractivity contribution in [1.82, 2.24) is 24.8 Å². The first-order valence-corrected chi connectivity index (χ1v) is 12.0. The molecule has 0 aliphatic carbocycles. The summed E-state index contributed by atoms with van der Waals surface area (Å²) in [5.74, 6) is 0.480. The molecule has 2 aliphatic heterocycles. The molecule has 6 rings (SSSR count). The third-order valence-electron chi connectivity index (χ3n) is 6.87. The number of benzene rings is 2. The van der Waals surface area contributed by atoms with Gasteiger partial charge in [-0.2, -0.15) is 8.78 Å². The van der Waals surface area contributed by atoms with Gasteiger partial charge in [-0.3, -0.25) is 10.1 Å². The van der Waals surface area contributed by atoms with Crippen LogP contribution in [-0.2, 0) is 10.3 Å². The number of aromatic nitrogens is 4. The Labute approximate surface area is 218 Å². The summed E-state index contributed by atoms with van der Waals surface area (Å²) in [6.45, 7) is -0.0249. The van der Waals surface area contributed by atoms with Crippen molar-refractivity contribution in [3.8, 4) is 16.9 Å². The molecule has 4 heterocycles. The predicted octanol–water partition coefficient (Wildman–Crippen LogP) is 5.49. The van der Waals surface area contributed by atoms with Crippen LogP contribution in [-0.4, -0.2) is 37.6 Å². The van der Waals surface area contributed by atoms with Gasteiger partial charge in [0.1, 0.15) is 23.4 Å². The van der Waals surface area contributed by atoms with E-state index in [2.05, 4.69) is 25.0 Å². The summed E-state index contributed by atoms with van der Waals surface area (Å²) >= 11 is 0. The fourth-order valence-electron chi connectivity index (χ4n) is 5.33. The second-order valence-electron chi connectivity index (χ2n) is 9.95. The normalized spacial score (nSPS) is 20.7. The van der Waals surface area contributed by atoms with Crippen LogP contribution in [0.15, 0.2) is 48.8 Å². The number of fused-ring (bicyclic) bond motifs is 9. The summed E-state index contributed by atoms with van der Waals surface area (Å²) in [5, 5.41) is 13.0. The first kappa shape index (κ1) is 25.6. The number of halogens is 5. The Hall–Kier alpha value is -3.68. The summed E-state index contributed by atoms with van der Waals surface area (Å²) in [5.41, 5.74) is 1.63. The van der Waals surface area contributed by atoms with E-state index in [9.17, 15) is 27.1 Å². The van der Waals surface area contributed by atoms with Gasteiger partial charge < -0.3 is 14.4 Å². The molecule has 2 aromatic heterocycles. The molecular weight excluding hydrogens is 525 g/mol. The van der Waals surface area contributed by atoms with Crippen LogP contribution < -0.4 is 10.1 Å². The molecule has 0 saturated heterocycles. The van der Waals surface area contributed by atoms with Gasteiger partial charge >= 0.3 is 13.0 Å². The number of aliphatic hydroxyl groups is 1. The van der Waals surface area contributed by atoms with Crippen LogP contribution in [0.1, 0.15) is 61.4 Å². The molecular formula is C26H22F5N5O3. The maximum Gasteiger partial charge on any atom is 0.524 e. The highest BCUT2D eigenvalue weighted by Gasteiger charge is 2.45. The Bertz CT molecular complexity index is 1550. The number of imidazole rings is 1. The fraction of sp³-hybridized carbons (Fsp3) is 0.346. The molecule has 1 unspecified atom stereocenters. The Morgan fingerprint density at radius 3 is 2.49 bits per heavy atom. The molecule has 0 saturated carbocycles. The molecule has 2 aromatic carbocycles. The predicted molar refractivity (Wildman–Crippen MR) is 128 cm³/mol. The molecule has 13 heteroatoms. The Balaban J connectivity index is 1.49. The van der Waals surface area contributed by atoms with Gasteiger partial charge in [0.15, 0.2) is 5.82 Å². The number of alkyl halides is 5. The standard InChI is InChI=1S/C26H22F5N5O3/c1-25(2,37)23-32-10-13(11-33-23)12-6-7-15-17(8-12)36-18-9-16(21(36)34-15)35-22(39-26(29,30)31)14-4-3-5-19(20(14)18)38-24(27)28/h3-8,10-11,16,18,22,24,35,37H,9H2,1-2H3/t16-,18-,22?/m1/s1. The van der Waals surface area contributed by atoms with Gasteiger partial charge in [0.25, 0.3) is 0 Å². The average Bonchev–Trinajstić information content (AvgIpc) is 3.33. The van der Waals surface area contributed by atoms with E-state index in [1.807, 2.05) is 10.6 Å².